The van der Waals surface area contributed by atoms with Gasteiger partial charge in [0.15, 0.2) is 5.82 Å². The fourth-order valence-electron chi connectivity index (χ4n) is 1.94. The molecule has 1 aromatic heterocycles. The number of nitrogens with two attached hydrogens (primary N) is 1. The second kappa shape index (κ2) is 6.85. The number of methoxy groups -OCH3 is 1. The van der Waals surface area contributed by atoms with Crippen molar-refractivity contribution in [1.82, 2.24) is 9.97 Å². The molecule has 0 radical (unpaired) electrons. The average Bonchev–Trinajstić information content (AvgIpc) is 2.48. The van der Waals surface area contributed by atoms with Gasteiger partial charge in [0.1, 0.15) is 0 Å². The Morgan fingerprint density at radius 1 is 1.43 bits per heavy atom. The molecule has 0 fully saturated rings. The topological polar surface area (TPSA) is 84.2 Å². The third-order valence-corrected chi connectivity index (χ3v) is 3.11. The number of para-hydroxylation sites is 1. The molecule has 0 amide bonds. The maximum absolute atomic E-state index is 11.8. The molecule has 0 saturated heterocycles. The minimum atomic E-state index is -0.334. The molecule has 0 spiro atoms. The number of thiocarbonyl (C=S) groups is 1. The zero-order valence-corrected chi connectivity index (χ0v) is 12.4. The van der Waals surface area contributed by atoms with Gasteiger partial charge in [0.2, 0.25) is 5.75 Å². The minimum absolute atomic E-state index is 0.157. The summed E-state index contributed by atoms with van der Waals surface area (Å²) in [6, 6.07) is 9.56. The molecule has 2 aromatic rings. The Morgan fingerprint density at radius 2 is 2.14 bits per heavy atom. The normalized spacial score (nSPS) is 10.1. The molecule has 1 heterocycles. The van der Waals surface area contributed by atoms with E-state index in [0.717, 1.165) is 5.69 Å². The Morgan fingerprint density at radius 3 is 2.76 bits per heavy atom. The van der Waals surface area contributed by atoms with Crippen LogP contribution in [-0.4, -0.2) is 28.6 Å². The lowest BCUT2D eigenvalue weighted by Gasteiger charge is -2.24. The third kappa shape index (κ3) is 3.57. The smallest absolute Gasteiger partial charge is 0.295 e. The molecule has 3 N–H and O–H groups in total. The van der Waals surface area contributed by atoms with E-state index in [0.29, 0.717) is 23.8 Å². The summed E-state index contributed by atoms with van der Waals surface area (Å²) in [5.41, 5.74) is 6.13. The van der Waals surface area contributed by atoms with Crippen molar-refractivity contribution < 1.29 is 4.74 Å². The number of nitrogens with zero attached hydrogens (tertiary/aromatic N) is 2. The van der Waals surface area contributed by atoms with Crippen molar-refractivity contribution in [2.45, 2.75) is 6.42 Å². The summed E-state index contributed by atoms with van der Waals surface area (Å²) in [4.78, 5) is 20.8. The SMILES string of the molecule is COc1c(N(CCC(N)=S)c2ccccc2)nc[nH]c1=O. The molecule has 0 aliphatic heterocycles. The third-order valence-electron chi connectivity index (χ3n) is 2.90. The lowest BCUT2D eigenvalue weighted by molar-refractivity contribution is 0.406. The van der Waals surface area contributed by atoms with Crippen molar-refractivity contribution in [3.8, 4) is 5.75 Å². The number of ether oxygens (including phenoxy) is 1. The van der Waals surface area contributed by atoms with E-state index in [2.05, 4.69) is 9.97 Å². The highest BCUT2D eigenvalue weighted by Gasteiger charge is 2.18. The van der Waals surface area contributed by atoms with Gasteiger partial charge in [-0.3, -0.25) is 4.79 Å². The van der Waals surface area contributed by atoms with Crippen molar-refractivity contribution in [3.05, 3.63) is 47.0 Å². The molecule has 1 aromatic carbocycles. The van der Waals surface area contributed by atoms with Crippen molar-refractivity contribution in [3.63, 3.8) is 0 Å². The number of aromatic amines is 1. The highest BCUT2D eigenvalue weighted by atomic mass is 32.1. The molecule has 6 nitrogen and oxygen atoms in total. The maximum Gasteiger partial charge on any atom is 0.295 e. The first kappa shape index (κ1) is 15.0. The summed E-state index contributed by atoms with van der Waals surface area (Å²) in [6.07, 6.45) is 1.85. The Bertz CT molecular complexity index is 672. The van der Waals surface area contributed by atoms with E-state index in [4.69, 9.17) is 22.7 Å². The van der Waals surface area contributed by atoms with E-state index in [1.54, 1.807) is 0 Å². The van der Waals surface area contributed by atoms with Crippen molar-refractivity contribution in [2.24, 2.45) is 5.73 Å². The number of aromatic nitrogens is 2. The minimum Gasteiger partial charge on any atom is -0.488 e. The van der Waals surface area contributed by atoms with Gasteiger partial charge in [-0.2, -0.15) is 0 Å². The highest BCUT2D eigenvalue weighted by molar-refractivity contribution is 7.80. The molecule has 2 rings (SSSR count). The van der Waals surface area contributed by atoms with Crippen LogP contribution in [-0.2, 0) is 0 Å². The first-order valence-corrected chi connectivity index (χ1v) is 6.77. The Balaban J connectivity index is 2.47. The van der Waals surface area contributed by atoms with Crippen LogP contribution in [0.25, 0.3) is 0 Å². The fourth-order valence-corrected chi connectivity index (χ4v) is 2.03. The lowest BCUT2D eigenvalue weighted by atomic mass is 10.2. The van der Waals surface area contributed by atoms with E-state index in [1.807, 2.05) is 35.2 Å². The quantitative estimate of drug-likeness (QED) is 0.789. The Kier molecular flexibility index (Phi) is 4.89. The first-order valence-electron chi connectivity index (χ1n) is 6.36. The standard InChI is InChI=1S/C14H16N4O2S/c1-20-12-13(16-9-17-14(12)19)18(8-7-11(15)21)10-5-3-2-4-6-10/h2-6,9H,7-8H2,1H3,(H2,15,21)(H,16,17,19). The number of nitrogens with one attached hydrogen (secondary N) is 1. The van der Waals surface area contributed by atoms with Crippen LogP contribution in [0.15, 0.2) is 41.5 Å². The molecular weight excluding hydrogens is 288 g/mol. The van der Waals surface area contributed by atoms with Crippen molar-refractivity contribution in [2.75, 3.05) is 18.6 Å². The molecule has 110 valence electrons. The predicted molar refractivity (Wildman–Crippen MR) is 86.3 cm³/mol. The predicted octanol–water partition coefficient (Wildman–Crippen LogP) is 1.59. The number of hydrogen-bond donors (Lipinski definition) is 2. The maximum atomic E-state index is 11.8. The molecule has 0 bridgehead atoms. The number of rotatable bonds is 6. The van der Waals surface area contributed by atoms with E-state index >= 15 is 0 Å². The van der Waals surface area contributed by atoms with E-state index in [9.17, 15) is 4.79 Å². The van der Waals surface area contributed by atoms with Gasteiger partial charge in [0.05, 0.1) is 18.4 Å². The Labute approximate surface area is 127 Å². The van der Waals surface area contributed by atoms with Gasteiger partial charge in [0, 0.05) is 18.7 Å². The van der Waals surface area contributed by atoms with Crippen molar-refractivity contribution in [1.29, 1.82) is 0 Å². The summed E-state index contributed by atoms with van der Waals surface area (Å²) in [5, 5.41) is 0. The zero-order chi connectivity index (χ0) is 15.2. The van der Waals surface area contributed by atoms with Crippen LogP contribution < -0.4 is 20.9 Å². The van der Waals surface area contributed by atoms with E-state index in [-0.39, 0.29) is 11.3 Å². The summed E-state index contributed by atoms with van der Waals surface area (Å²) in [6.45, 7) is 0.506. The van der Waals surface area contributed by atoms with Gasteiger partial charge in [0.25, 0.3) is 5.56 Å². The number of benzene rings is 1. The van der Waals surface area contributed by atoms with Gasteiger partial charge in [-0.15, -0.1) is 0 Å². The molecule has 0 aliphatic carbocycles. The fraction of sp³-hybridized carbons (Fsp3) is 0.214. The summed E-state index contributed by atoms with van der Waals surface area (Å²) < 4.78 is 5.17. The van der Waals surface area contributed by atoms with Crippen LogP contribution >= 0.6 is 12.2 Å². The largest absolute Gasteiger partial charge is 0.488 e. The molecule has 0 aliphatic rings. The zero-order valence-electron chi connectivity index (χ0n) is 11.6. The Hall–Kier alpha value is -2.41. The summed E-state index contributed by atoms with van der Waals surface area (Å²) in [7, 11) is 1.44. The number of H-pyrrole nitrogens is 1. The van der Waals surface area contributed by atoms with E-state index < -0.39 is 0 Å². The molecular formula is C14H16N4O2S. The average molecular weight is 304 g/mol. The lowest BCUT2D eigenvalue weighted by Crippen LogP contribution is -2.26. The number of hydrogen-bond acceptors (Lipinski definition) is 5. The monoisotopic (exact) mass is 304 g/mol. The molecule has 7 heteroatoms. The van der Waals surface area contributed by atoms with Crippen LogP contribution in [0.2, 0.25) is 0 Å². The van der Waals surface area contributed by atoms with E-state index in [1.165, 1.54) is 13.4 Å². The molecule has 21 heavy (non-hydrogen) atoms. The van der Waals surface area contributed by atoms with Gasteiger partial charge in [-0.25, -0.2) is 4.98 Å². The van der Waals surface area contributed by atoms with Gasteiger partial charge in [-0.1, -0.05) is 30.4 Å². The second-order valence-electron chi connectivity index (χ2n) is 4.29. The molecule has 0 saturated carbocycles. The number of anilines is 2. The van der Waals surface area contributed by atoms with Gasteiger partial charge in [-0.05, 0) is 12.1 Å². The van der Waals surface area contributed by atoms with Crippen molar-refractivity contribution >= 4 is 28.7 Å². The van der Waals surface area contributed by atoms with Crippen LogP contribution in [0.4, 0.5) is 11.5 Å². The molecule has 0 unspecified atom stereocenters. The van der Waals surface area contributed by atoms with Gasteiger partial charge >= 0.3 is 0 Å². The highest BCUT2D eigenvalue weighted by Crippen LogP contribution is 2.28. The first-order chi connectivity index (χ1) is 10.1. The molecule has 0 atom stereocenters. The van der Waals surface area contributed by atoms with Gasteiger partial charge < -0.3 is 20.4 Å². The van der Waals surface area contributed by atoms with Crippen LogP contribution in [0.5, 0.6) is 5.75 Å². The summed E-state index contributed by atoms with van der Waals surface area (Å²) >= 11 is 4.93. The van der Waals surface area contributed by atoms with Crippen LogP contribution in [0.1, 0.15) is 6.42 Å². The summed E-state index contributed by atoms with van der Waals surface area (Å²) in [5.74, 6) is 0.591. The van der Waals surface area contributed by atoms with Crippen LogP contribution in [0.3, 0.4) is 0 Å². The van der Waals surface area contributed by atoms with Crippen LogP contribution in [0, 0.1) is 0 Å². The second-order valence-corrected chi connectivity index (χ2v) is 4.82.